The molecule has 4 heteroatoms. The van der Waals surface area contributed by atoms with Crippen LogP contribution in [0.15, 0.2) is 48.5 Å². The van der Waals surface area contributed by atoms with Gasteiger partial charge in [-0.25, -0.2) is 0 Å². The number of hydrogen-bond acceptors (Lipinski definition) is 0. The molecule has 0 unspecified atom stereocenters. The third kappa shape index (κ3) is 3.96. The molecule has 0 bridgehead atoms. The molecule has 0 N–H and O–H groups in total. The van der Waals surface area contributed by atoms with E-state index in [4.69, 9.17) is 23.2 Å². The fourth-order valence-electron chi connectivity index (χ4n) is 1.30. The summed E-state index contributed by atoms with van der Waals surface area (Å²) in [6.45, 7) is 0. The number of halogens is 3. The lowest BCUT2D eigenvalue weighted by Crippen LogP contribution is -2.02. The molecule has 0 aliphatic rings. The molecule has 0 saturated carbocycles. The lowest BCUT2D eigenvalue weighted by Gasteiger charge is -2.02. The van der Waals surface area contributed by atoms with Crippen molar-refractivity contribution in [1.29, 1.82) is 0 Å². The van der Waals surface area contributed by atoms with E-state index in [0.29, 0.717) is 8.58 Å². The molecule has 0 amide bonds. The fourth-order valence-corrected chi connectivity index (χ4v) is 3.01. The minimum atomic E-state index is 0. The van der Waals surface area contributed by atoms with E-state index in [-0.39, 0.29) is 12.4 Å². The molecule has 16 heavy (non-hydrogen) atoms. The standard InChI is InChI=1S/C12H9Cl2P.ClH/c13-9-3-1-5-11(7-9)15-12-6-2-4-10(14)8-12;/h1-8,15H;1H. The number of rotatable bonds is 2. The summed E-state index contributed by atoms with van der Waals surface area (Å²) in [4.78, 5) is 0. The van der Waals surface area contributed by atoms with Crippen molar-refractivity contribution < 1.29 is 0 Å². The van der Waals surface area contributed by atoms with Crippen LogP contribution in [0.4, 0.5) is 0 Å². The van der Waals surface area contributed by atoms with Crippen LogP contribution in [0.2, 0.25) is 10.0 Å². The van der Waals surface area contributed by atoms with Crippen LogP contribution < -0.4 is 10.6 Å². The monoisotopic (exact) mass is 290 g/mol. The van der Waals surface area contributed by atoms with Gasteiger partial charge in [-0.15, -0.1) is 12.4 Å². The second kappa shape index (κ2) is 6.47. The van der Waals surface area contributed by atoms with Crippen LogP contribution in [-0.2, 0) is 0 Å². The summed E-state index contributed by atoms with van der Waals surface area (Å²) < 4.78 is 0. The van der Waals surface area contributed by atoms with Crippen molar-refractivity contribution in [3.05, 3.63) is 58.6 Å². The van der Waals surface area contributed by atoms with Gasteiger partial charge in [0.1, 0.15) is 0 Å². The third-order valence-corrected chi connectivity index (χ3v) is 3.61. The summed E-state index contributed by atoms with van der Waals surface area (Å²) in [5, 5.41) is 4.01. The number of hydrogen-bond donors (Lipinski definition) is 0. The molecule has 0 aliphatic carbocycles. The van der Waals surface area contributed by atoms with Gasteiger partial charge in [-0.3, -0.25) is 0 Å². The summed E-state index contributed by atoms with van der Waals surface area (Å²) in [6.07, 6.45) is 0. The van der Waals surface area contributed by atoms with E-state index < -0.39 is 0 Å². The lowest BCUT2D eigenvalue weighted by molar-refractivity contribution is 1.76. The van der Waals surface area contributed by atoms with Crippen molar-refractivity contribution in [3.63, 3.8) is 0 Å². The van der Waals surface area contributed by atoms with E-state index in [1.54, 1.807) is 0 Å². The van der Waals surface area contributed by atoms with Crippen molar-refractivity contribution in [1.82, 2.24) is 0 Å². The van der Waals surface area contributed by atoms with E-state index in [2.05, 4.69) is 12.1 Å². The molecule has 0 radical (unpaired) electrons. The summed E-state index contributed by atoms with van der Waals surface area (Å²) in [6, 6.07) is 15.8. The summed E-state index contributed by atoms with van der Waals surface area (Å²) >= 11 is 11.8. The lowest BCUT2D eigenvalue weighted by atomic mass is 10.4. The average molecular weight is 292 g/mol. The zero-order valence-electron chi connectivity index (χ0n) is 8.28. The molecule has 2 aromatic carbocycles. The van der Waals surface area contributed by atoms with Gasteiger partial charge in [0, 0.05) is 10.0 Å². The first-order valence-electron chi connectivity index (χ1n) is 4.52. The van der Waals surface area contributed by atoms with Crippen molar-refractivity contribution in [2.75, 3.05) is 0 Å². The third-order valence-electron chi connectivity index (χ3n) is 1.94. The predicted octanol–water partition coefficient (Wildman–Crippen LogP) is 4.04. The Labute approximate surface area is 113 Å². The van der Waals surface area contributed by atoms with E-state index >= 15 is 0 Å². The first kappa shape index (κ1) is 13.8. The van der Waals surface area contributed by atoms with Crippen LogP contribution in [0.25, 0.3) is 0 Å². The SMILES string of the molecule is Cl.Clc1cccc(Pc2cccc(Cl)c2)c1. The van der Waals surface area contributed by atoms with Gasteiger partial charge in [0.15, 0.2) is 0 Å². The van der Waals surface area contributed by atoms with Gasteiger partial charge in [-0.2, -0.15) is 0 Å². The van der Waals surface area contributed by atoms with Gasteiger partial charge in [0.25, 0.3) is 0 Å². The maximum Gasteiger partial charge on any atom is 0.0412 e. The fraction of sp³-hybridized carbons (Fsp3) is 0. The van der Waals surface area contributed by atoms with Crippen LogP contribution in [0.3, 0.4) is 0 Å². The normalized spacial score (nSPS) is 9.62. The highest BCUT2D eigenvalue weighted by molar-refractivity contribution is 7.55. The molecule has 0 nitrogen and oxygen atoms in total. The summed E-state index contributed by atoms with van der Waals surface area (Å²) in [5.74, 6) is 0. The maximum absolute atomic E-state index is 5.92. The highest BCUT2D eigenvalue weighted by atomic mass is 35.5. The predicted molar refractivity (Wildman–Crippen MR) is 77.7 cm³/mol. The van der Waals surface area contributed by atoms with Crippen molar-refractivity contribution in [3.8, 4) is 0 Å². The van der Waals surface area contributed by atoms with E-state index in [1.165, 1.54) is 10.6 Å². The van der Waals surface area contributed by atoms with E-state index in [0.717, 1.165) is 10.0 Å². The Morgan fingerprint density at radius 1 is 0.750 bits per heavy atom. The molecule has 0 saturated heterocycles. The first-order valence-corrected chi connectivity index (χ1v) is 6.28. The molecular weight excluding hydrogens is 281 g/mol. The Morgan fingerprint density at radius 3 is 1.56 bits per heavy atom. The zero-order valence-corrected chi connectivity index (χ0v) is 11.6. The highest BCUT2D eigenvalue weighted by Gasteiger charge is 1.97. The molecule has 0 fully saturated rings. The number of benzene rings is 2. The second-order valence-corrected chi connectivity index (χ2v) is 5.42. The molecule has 0 aromatic heterocycles. The largest absolute Gasteiger partial charge is 0.147 e. The smallest absolute Gasteiger partial charge is 0.0412 e. The van der Waals surface area contributed by atoms with Gasteiger partial charge in [-0.1, -0.05) is 56.0 Å². The molecule has 0 aliphatic heterocycles. The topological polar surface area (TPSA) is 0 Å². The minimum absolute atomic E-state index is 0. The Kier molecular flexibility index (Phi) is 5.58. The van der Waals surface area contributed by atoms with Crippen molar-refractivity contribution in [2.24, 2.45) is 0 Å². The van der Waals surface area contributed by atoms with Crippen LogP contribution in [0.1, 0.15) is 0 Å². The highest BCUT2D eigenvalue weighted by Crippen LogP contribution is 2.16. The Balaban J connectivity index is 0.00000128. The molecule has 84 valence electrons. The Bertz CT molecular complexity index is 428. The Hall–Kier alpha value is -0.260. The average Bonchev–Trinajstić information content (AvgIpc) is 2.17. The Morgan fingerprint density at radius 2 is 1.19 bits per heavy atom. The molecule has 0 heterocycles. The van der Waals surface area contributed by atoms with Gasteiger partial charge in [0.05, 0.1) is 0 Å². The maximum atomic E-state index is 5.92. The molecule has 2 aromatic rings. The van der Waals surface area contributed by atoms with E-state index in [1.807, 2.05) is 36.4 Å². The molecular formula is C12H10Cl3P. The summed E-state index contributed by atoms with van der Waals surface area (Å²) in [5.41, 5.74) is 0. The van der Waals surface area contributed by atoms with Crippen LogP contribution >= 0.6 is 44.2 Å². The molecule has 0 spiro atoms. The van der Waals surface area contributed by atoms with Crippen LogP contribution in [-0.4, -0.2) is 0 Å². The van der Waals surface area contributed by atoms with Gasteiger partial charge in [0.2, 0.25) is 0 Å². The zero-order chi connectivity index (χ0) is 10.7. The van der Waals surface area contributed by atoms with Gasteiger partial charge >= 0.3 is 0 Å². The van der Waals surface area contributed by atoms with Crippen molar-refractivity contribution >= 4 is 54.8 Å². The quantitative estimate of drug-likeness (QED) is 0.733. The van der Waals surface area contributed by atoms with Gasteiger partial charge < -0.3 is 0 Å². The van der Waals surface area contributed by atoms with Crippen LogP contribution in [0, 0.1) is 0 Å². The first-order chi connectivity index (χ1) is 7.24. The van der Waals surface area contributed by atoms with Gasteiger partial charge in [-0.05, 0) is 34.9 Å². The van der Waals surface area contributed by atoms with Crippen LogP contribution in [0.5, 0.6) is 0 Å². The molecule has 2 rings (SSSR count). The second-order valence-electron chi connectivity index (χ2n) is 3.15. The van der Waals surface area contributed by atoms with E-state index in [9.17, 15) is 0 Å². The summed E-state index contributed by atoms with van der Waals surface area (Å²) in [7, 11) is 0.601. The minimum Gasteiger partial charge on any atom is -0.147 e. The molecule has 0 atom stereocenters. The van der Waals surface area contributed by atoms with Crippen molar-refractivity contribution in [2.45, 2.75) is 0 Å².